The number of amides is 1. The molecule has 37 heavy (non-hydrogen) atoms. The lowest BCUT2D eigenvalue weighted by molar-refractivity contribution is -0.114. The first-order chi connectivity index (χ1) is 17.5. The quantitative estimate of drug-likeness (QED) is 0.353. The van der Waals surface area contributed by atoms with Crippen LogP contribution in [0.5, 0.6) is 11.5 Å². The molecule has 1 aliphatic carbocycles. The summed E-state index contributed by atoms with van der Waals surface area (Å²) in [5.41, 5.74) is 3.29. The van der Waals surface area contributed by atoms with Gasteiger partial charge in [-0.2, -0.15) is 10.1 Å². The predicted molar refractivity (Wildman–Crippen MR) is 140 cm³/mol. The topological polar surface area (TPSA) is 132 Å². The van der Waals surface area contributed by atoms with Gasteiger partial charge in [-0.25, -0.2) is 9.97 Å². The van der Waals surface area contributed by atoms with Gasteiger partial charge in [0.1, 0.15) is 11.6 Å². The molecule has 0 unspecified atom stereocenters. The fraction of sp³-hybridized carbons (Fsp3) is 0.423. The maximum Gasteiger partial charge on any atom is 0.222 e. The van der Waals surface area contributed by atoms with Gasteiger partial charge in [-0.1, -0.05) is 20.8 Å². The highest BCUT2D eigenvalue weighted by molar-refractivity contribution is 5.87. The van der Waals surface area contributed by atoms with Gasteiger partial charge in [0.25, 0.3) is 0 Å². The van der Waals surface area contributed by atoms with Crippen molar-refractivity contribution in [1.82, 2.24) is 29.3 Å². The smallest absolute Gasteiger partial charge is 0.222 e. The van der Waals surface area contributed by atoms with Crippen molar-refractivity contribution in [3.05, 3.63) is 41.9 Å². The van der Waals surface area contributed by atoms with Crippen LogP contribution in [0.3, 0.4) is 0 Å². The van der Waals surface area contributed by atoms with Gasteiger partial charge < -0.3 is 25.0 Å². The molecule has 5 rings (SSSR count). The van der Waals surface area contributed by atoms with Crippen molar-refractivity contribution in [2.45, 2.75) is 65.0 Å². The molecule has 0 aromatic carbocycles. The van der Waals surface area contributed by atoms with Gasteiger partial charge in [-0.15, -0.1) is 0 Å². The van der Waals surface area contributed by atoms with Crippen LogP contribution in [-0.2, 0) is 17.3 Å². The summed E-state index contributed by atoms with van der Waals surface area (Å²) in [7, 11) is 1.92. The number of nitrogens with zero attached hydrogens (tertiary/aromatic N) is 6. The number of carbonyl (C=O) groups is 1. The highest BCUT2D eigenvalue weighted by atomic mass is 16.5. The number of carbonyl (C=O) groups excluding carboxylic acids is 1. The van der Waals surface area contributed by atoms with Crippen LogP contribution in [0.2, 0.25) is 0 Å². The van der Waals surface area contributed by atoms with Crippen LogP contribution in [0.4, 0.5) is 17.6 Å². The maximum atomic E-state index is 11.4. The number of aliphatic hydroxyl groups is 1. The lowest BCUT2D eigenvalue weighted by Crippen LogP contribution is -2.34. The molecular weight excluding hydrogens is 472 g/mol. The average molecular weight is 505 g/mol. The number of rotatable bonds is 6. The minimum absolute atomic E-state index is 0.100. The predicted octanol–water partition coefficient (Wildman–Crippen LogP) is 4.36. The molecule has 0 atom stereocenters. The Balaban J connectivity index is 1.43. The van der Waals surface area contributed by atoms with Crippen molar-refractivity contribution in [2.75, 3.05) is 10.6 Å². The number of aromatic nitrogens is 6. The van der Waals surface area contributed by atoms with Gasteiger partial charge in [-0.05, 0) is 25.8 Å². The third-order valence-corrected chi connectivity index (χ3v) is 6.55. The Labute approximate surface area is 214 Å². The van der Waals surface area contributed by atoms with Gasteiger partial charge >= 0.3 is 0 Å². The number of anilines is 3. The molecule has 0 saturated heterocycles. The second kappa shape index (κ2) is 9.15. The fourth-order valence-corrected chi connectivity index (χ4v) is 4.56. The van der Waals surface area contributed by atoms with Gasteiger partial charge in [0.05, 0.1) is 23.9 Å². The molecule has 4 aromatic rings. The number of ether oxygens (including phenoxy) is 1. The van der Waals surface area contributed by atoms with Crippen LogP contribution in [0, 0.1) is 6.92 Å². The minimum atomic E-state index is -0.257. The summed E-state index contributed by atoms with van der Waals surface area (Å²) in [4.78, 5) is 24.7. The first-order valence-corrected chi connectivity index (χ1v) is 12.3. The van der Waals surface area contributed by atoms with E-state index in [2.05, 4.69) is 47.4 Å². The number of hydrogen-bond acceptors (Lipinski definition) is 8. The molecule has 1 aliphatic rings. The minimum Gasteiger partial charge on any atom is -0.455 e. The lowest BCUT2D eigenvalue weighted by Gasteiger charge is -2.34. The fourth-order valence-electron chi connectivity index (χ4n) is 4.56. The Kier molecular flexibility index (Phi) is 6.10. The van der Waals surface area contributed by atoms with E-state index in [0.29, 0.717) is 47.6 Å². The normalized spacial score (nSPS) is 17.5. The first-order valence-electron chi connectivity index (χ1n) is 12.3. The van der Waals surface area contributed by atoms with Crippen molar-refractivity contribution in [1.29, 1.82) is 0 Å². The van der Waals surface area contributed by atoms with E-state index in [1.807, 2.05) is 23.2 Å². The molecule has 3 N–H and O–H groups in total. The van der Waals surface area contributed by atoms with Crippen LogP contribution in [0.25, 0.3) is 11.2 Å². The second-order valence-electron chi connectivity index (χ2n) is 10.6. The molecule has 194 valence electrons. The Hall–Kier alpha value is -3.99. The number of fused-ring (bicyclic) bond motifs is 1. The first kappa shape index (κ1) is 24.7. The zero-order valence-electron chi connectivity index (χ0n) is 21.9. The summed E-state index contributed by atoms with van der Waals surface area (Å²) in [6.45, 7) is 9.86. The molecule has 0 bridgehead atoms. The zero-order valence-corrected chi connectivity index (χ0v) is 21.9. The summed E-state index contributed by atoms with van der Waals surface area (Å²) < 4.78 is 10.1. The second-order valence-corrected chi connectivity index (χ2v) is 10.6. The Morgan fingerprint density at radius 2 is 1.95 bits per heavy atom. The Morgan fingerprint density at radius 1 is 1.19 bits per heavy atom. The molecular formula is C26H32N8O3. The number of aliphatic hydroxyl groups excluding tert-OH is 1. The summed E-state index contributed by atoms with van der Waals surface area (Å²) in [5, 5.41) is 20.7. The van der Waals surface area contributed by atoms with Crippen LogP contribution < -0.4 is 15.4 Å². The molecule has 1 amide bonds. The van der Waals surface area contributed by atoms with E-state index in [-0.39, 0.29) is 23.5 Å². The van der Waals surface area contributed by atoms with Gasteiger partial charge in [0, 0.05) is 49.0 Å². The highest BCUT2D eigenvalue weighted by Gasteiger charge is 2.34. The van der Waals surface area contributed by atoms with Crippen molar-refractivity contribution < 1.29 is 14.6 Å². The summed E-state index contributed by atoms with van der Waals surface area (Å²) in [6.07, 6.45) is 4.39. The summed E-state index contributed by atoms with van der Waals surface area (Å²) >= 11 is 0. The Morgan fingerprint density at radius 3 is 2.62 bits per heavy atom. The Bertz CT molecular complexity index is 1480. The van der Waals surface area contributed by atoms with Crippen LogP contribution in [-0.4, -0.2) is 46.4 Å². The van der Waals surface area contributed by atoms with Crippen molar-refractivity contribution in [2.24, 2.45) is 7.05 Å². The van der Waals surface area contributed by atoms with Crippen LogP contribution >= 0.6 is 0 Å². The molecule has 0 radical (unpaired) electrons. The zero-order chi connectivity index (χ0) is 26.5. The number of hydrogen-bond donors (Lipinski definition) is 3. The number of nitrogens with one attached hydrogen (secondary N) is 2. The van der Waals surface area contributed by atoms with E-state index in [1.54, 1.807) is 24.5 Å². The van der Waals surface area contributed by atoms with Crippen molar-refractivity contribution >= 4 is 34.7 Å². The van der Waals surface area contributed by atoms with Gasteiger partial charge in [-0.3, -0.25) is 9.48 Å². The molecule has 0 aliphatic heterocycles. The third kappa shape index (κ3) is 4.86. The van der Waals surface area contributed by atoms with Crippen LogP contribution in [0.1, 0.15) is 57.8 Å². The molecule has 4 heterocycles. The SMILES string of the molecule is CC(=O)Nc1cc(Oc2cnc3nc(Nc4cc(C(C)(C)C)n([C@H]5C[C@@H](O)C5)n4)n(C)c3c2C)ccn1. The van der Waals surface area contributed by atoms with E-state index >= 15 is 0 Å². The summed E-state index contributed by atoms with van der Waals surface area (Å²) in [6, 6.07) is 5.62. The maximum absolute atomic E-state index is 11.4. The van der Waals surface area contributed by atoms with Gasteiger partial charge in [0.15, 0.2) is 17.2 Å². The van der Waals surface area contributed by atoms with Gasteiger partial charge in [0.2, 0.25) is 11.9 Å². The molecule has 4 aromatic heterocycles. The number of pyridine rings is 2. The van der Waals surface area contributed by atoms with E-state index in [9.17, 15) is 9.90 Å². The standard InChI is InChI=1S/C26H32N8O3/c1-14-19(37-18-7-8-27-21(11-18)29-15(2)35)13-28-24-23(14)33(6)25(31-24)30-22-12-20(26(3,4)5)34(32-22)16-9-17(36)10-16/h7-8,11-13,16-17,36H,9-10H2,1-6H3,(H,27,29,35)(H,28,30,31,32)/t16-,17+. The number of imidazole rings is 1. The number of aryl methyl sites for hydroxylation is 2. The van der Waals surface area contributed by atoms with E-state index in [1.165, 1.54) is 6.92 Å². The average Bonchev–Trinajstić information content (AvgIpc) is 3.35. The van der Waals surface area contributed by atoms with Crippen molar-refractivity contribution in [3.8, 4) is 11.5 Å². The van der Waals surface area contributed by atoms with E-state index in [4.69, 9.17) is 14.8 Å². The lowest BCUT2D eigenvalue weighted by atomic mass is 9.87. The molecule has 1 saturated carbocycles. The van der Waals surface area contributed by atoms with E-state index < -0.39 is 0 Å². The molecule has 11 heteroatoms. The third-order valence-electron chi connectivity index (χ3n) is 6.55. The monoisotopic (exact) mass is 504 g/mol. The molecule has 11 nitrogen and oxygen atoms in total. The highest BCUT2D eigenvalue weighted by Crippen LogP contribution is 2.38. The molecule has 0 spiro atoms. The van der Waals surface area contributed by atoms with E-state index in [0.717, 1.165) is 16.8 Å². The summed E-state index contributed by atoms with van der Waals surface area (Å²) in [5.74, 6) is 2.62. The largest absolute Gasteiger partial charge is 0.455 e. The van der Waals surface area contributed by atoms with Crippen LogP contribution in [0.15, 0.2) is 30.6 Å². The van der Waals surface area contributed by atoms with Crippen molar-refractivity contribution in [3.63, 3.8) is 0 Å². The molecule has 1 fully saturated rings.